The van der Waals surface area contributed by atoms with Crippen LogP contribution in [0.3, 0.4) is 0 Å². The number of furan rings is 1. The van der Waals surface area contributed by atoms with Gasteiger partial charge in [-0.05, 0) is 67.2 Å². The van der Waals surface area contributed by atoms with Crippen molar-refractivity contribution in [1.29, 1.82) is 0 Å². The molecule has 0 bridgehead atoms. The molecule has 2 aromatic carbocycles. The maximum atomic E-state index is 5.57. The second-order valence-electron chi connectivity index (χ2n) is 9.41. The lowest BCUT2D eigenvalue weighted by Crippen LogP contribution is -2.37. The van der Waals surface area contributed by atoms with Crippen LogP contribution in [0.25, 0.3) is 22.6 Å². The van der Waals surface area contributed by atoms with Crippen LogP contribution >= 0.6 is 0 Å². The summed E-state index contributed by atoms with van der Waals surface area (Å²) in [6.07, 6.45) is 8.27. The Morgan fingerprint density at radius 2 is 1.66 bits per heavy atom. The first-order valence-electron chi connectivity index (χ1n) is 12.4. The fourth-order valence-electron chi connectivity index (χ4n) is 4.78. The molecular formula is C29H33N5O. The molecule has 0 unspecified atom stereocenters. The molecule has 0 aliphatic heterocycles. The van der Waals surface area contributed by atoms with E-state index in [1.165, 1.54) is 11.1 Å². The lowest BCUT2D eigenvalue weighted by molar-refractivity contribution is 0.364. The third kappa shape index (κ3) is 5.72. The third-order valence-corrected chi connectivity index (χ3v) is 6.65. The van der Waals surface area contributed by atoms with Crippen molar-refractivity contribution >= 4 is 34.3 Å². The average Bonchev–Trinajstić information content (AvgIpc) is 3.40. The Labute approximate surface area is 207 Å². The number of aromatic nitrogens is 2. The predicted octanol–water partition coefficient (Wildman–Crippen LogP) is 5.84. The summed E-state index contributed by atoms with van der Waals surface area (Å²) in [5.74, 6) is 2.55. The van der Waals surface area contributed by atoms with Gasteiger partial charge in [-0.25, -0.2) is 4.98 Å². The molecule has 1 fully saturated rings. The fraction of sp³-hybridized carbons (Fsp3) is 0.310. The monoisotopic (exact) mass is 467 g/mol. The Kier molecular flexibility index (Phi) is 7.09. The molecule has 180 valence electrons. The Morgan fingerprint density at radius 3 is 2.40 bits per heavy atom. The number of fused-ring (bicyclic) bond motifs is 1. The molecule has 6 nitrogen and oxygen atoms in total. The fourth-order valence-corrected chi connectivity index (χ4v) is 4.78. The van der Waals surface area contributed by atoms with E-state index in [1.807, 2.05) is 38.4 Å². The van der Waals surface area contributed by atoms with Crippen molar-refractivity contribution in [2.45, 2.75) is 37.8 Å². The number of hydrogen-bond donors (Lipinski definition) is 2. The van der Waals surface area contributed by atoms with Crippen LogP contribution in [-0.2, 0) is 0 Å². The second kappa shape index (κ2) is 10.7. The molecule has 1 aliphatic carbocycles. The van der Waals surface area contributed by atoms with Crippen molar-refractivity contribution in [3.05, 3.63) is 84.3 Å². The van der Waals surface area contributed by atoms with Crippen molar-refractivity contribution in [1.82, 2.24) is 15.3 Å². The van der Waals surface area contributed by atoms with Gasteiger partial charge in [-0.3, -0.25) is 0 Å². The van der Waals surface area contributed by atoms with Gasteiger partial charge in [0, 0.05) is 38.1 Å². The highest BCUT2D eigenvalue weighted by Gasteiger charge is 2.22. The van der Waals surface area contributed by atoms with Gasteiger partial charge >= 0.3 is 0 Å². The number of hydrogen-bond acceptors (Lipinski definition) is 6. The van der Waals surface area contributed by atoms with E-state index >= 15 is 0 Å². The Balaban J connectivity index is 1.20. The molecule has 35 heavy (non-hydrogen) atoms. The lowest BCUT2D eigenvalue weighted by atomic mass is 9.91. The molecule has 0 spiro atoms. The van der Waals surface area contributed by atoms with Crippen molar-refractivity contribution < 1.29 is 4.42 Å². The van der Waals surface area contributed by atoms with Crippen LogP contribution in [0.5, 0.6) is 0 Å². The lowest BCUT2D eigenvalue weighted by Gasteiger charge is -2.30. The molecule has 2 aromatic heterocycles. The van der Waals surface area contributed by atoms with Gasteiger partial charge in [0.1, 0.15) is 11.6 Å². The maximum absolute atomic E-state index is 5.57. The van der Waals surface area contributed by atoms with E-state index in [0.29, 0.717) is 12.1 Å². The van der Waals surface area contributed by atoms with Crippen molar-refractivity contribution in [2.75, 3.05) is 30.9 Å². The van der Waals surface area contributed by atoms with Gasteiger partial charge < -0.3 is 20.0 Å². The first kappa shape index (κ1) is 23.1. The highest BCUT2D eigenvalue weighted by atomic mass is 16.3. The molecule has 5 rings (SSSR count). The van der Waals surface area contributed by atoms with Gasteiger partial charge in [-0.15, -0.1) is 0 Å². The summed E-state index contributed by atoms with van der Waals surface area (Å²) >= 11 is 0. The van der Waals surface area contributed by atoms with Crippen LogP contribution in [0.2, 0.25) is 0 Å². The molecule has 1 aliphatic rings. The molecule has 4 aromatic rings. The van der Waals surface area contributed by atoms with Gasteiger partial charge in [0.05, 0.1) is 11.8 Å². The van der Waals surface area contributed by atoms with E-state index in [4.69, 9.17) is 14.4 Å². The molecule has 2 heterocycles. The molecule has 6 heteroatoms. The molecular weight excluding hydrogens is 434 g/mol. The van der Waals surface area contributed by atoms with Crippen molar-refractivity contribution in [3.63, 3.8) is 0 Å². The number of nitrogens with zero attached hydrogens (tertiary/aromatic N) is 3. The van der Waals surface area contributed by atoms with E-state index in [1.54, 1.807) is 6.26 Å². The van der Waals surface area contributed by atoms with Crippen LogP contribution in [0, 0.1) is 0 Å². The minimum atomic E-state index is 0.386. The van der Waals surface area contributed by atoms with E-state index in [2.05, 4.69) is 64.1 Å². The normalized spacial score (nSPS) is 18.5. The Morgan fingerprint density at radius 1 is 0.914 bits per heavy atom. The zero-order valence-electron chi connectivity index (χ0n) is 20.4. The standard InChI is InChI=1S/C29H33N5O/c1-34(2)28-26-12-6-7-13-27(26)32-29(33-28)31-24-16-14-23(15-17-24)30-20-22(19-25-11-8-18-35-25)21-9-4-3-5-10-21/h3-13,18-19,23-24,30H,14-17,20H2,1-2H3,(H,31,32,33)/b22-19+. The molecule has 1 saturated carbocycles. The summed E-state index contributed by atoms with van der Waals surface area (Å²) < 4.78 is 5.57. The summed E-state index contributed by atoms with van der Waals surface area (Å²) in [5.41, 5.74) is 3.43. The second-order valence-corrected chi connectivity index (χ2v) is 9.41. The van der Waals surface area contributed by atoms with Gasteiger partial charge in [-0.2, -0.15) is 4.98 Å². The van der Waals surface area contributed by atoms with E-state index < -0.39 is 0 Å². The van der Waals surface area contributed by atoms with Crippen LogP contribution in [-0.4, -0.2) is 42.7 Å². The highest BCUT2D eigenvalue weighted by Crippen LogP contribution is 2.27. The zero-order valence-corrected chi connectivity index (χ0v) is 20.4. The van der Waals surface area contributed by atoms with Crippen LogP contribution < -0.4 is 15.5 Å². The van der Waals surface area contributed by atoms with Crippen LogP contribution in [0.15, 0.2) is 77.4 Å². The van der Waals surface area contributed by atoms with Gasteiger partial charge in [0.15, 0.2) is 0 Å². The largest absolute Gasteiger partial charge is 0.465 e. The van der Waals surface area contributed by atoms with Crippen molar-refractivity contribution in [3.8, 4) is 0 Å². The summed E-state index contributed by atoms with van der Waals surface area (Å²) in [4.78, 5) is 11.6. The summed E-state index contributed by atoms with van der Waals surface area (Å²) in [7, 11) is 4.05. The molecule has 0 amide bonds. The summed E-state index contributed by atoms with van der Waals surface area (Å²) in [6.45, 7) is 0.813. The number of benzene rings is 2. The molecule has 0 saturated heterocycles. The topological polar surface area (TPSA) is 66.2 Å². The van der Waals surface area contributed by atoms with Gasteiger partial charge in [0.2, 0.25) is 5.95 Å². The highest BCUT2D eigenvalue weighted by molar-refractivity contribution is 5.90. The van der Waals surface area contributed by atoms with Gasteiger partial charge in [-0.1, -0.05) is 42.5 Å². The van der Waals surface area contributed by atoms with Gasteiger partial charge in [0.25, 0.3) is 0 Å². The van der Waals surface area contributed by atoms with E-state index in [9.17, 15) is 0 Å². The molecule has 2 N–H and O–H groups in total. The minimum absolute atomic E-state index is 0.386. The zero-order chi connectivity index (χ0) is 24.0. The smallest absolute Gasteiger partial charge is 0.225 e. The maximum Gasteiger partial charge on any atom is 0.225 e. The van der Waals surface area contributed by atoms with Crippen LogP contribution in [0.4, 0.5) is 11.8 Å². The van der Waals surface area contributed by atoms with Crippen LogP contribution in [0.1, 0.15) is 37.0 Å². The number of anilines is 2. The summed E-state index contributed by atoms with van der Waals surface area (Å²) in [5, 5.41) is 8.48. The first-order valence-corrected chi connectivity index (χ1v) is 12.4. The quantitative estimate of drug-likeness (QED) is 0.339. The van der Waals surface area contributed by atoms with E-state index in [-0.39, 0.29) is 0 Å². The average molecular weight is 468 g/mol. The predicted molar refractivity (Wildman–Crippen MR) is 145 cm³/mol. The Bertz CT molecular complexity index is 1260. The molecule has 0 atom stereocenters. The van der Waals surface area contributed by atoms with Crippen molar-refractivity contribution in [2.24, 2.45) is 0 Å². The molecule has 0 radical (unpaired) electrons. The number of nitrogens with one attached hydrogen (secondary N) is 2. The summed E-state index contributed by atoms with van der Waals surface area (Å²) in [6, 6.07) is 23.5. The minimum Gasteiger partial charge on any atom is -0.465 e. The SMILES string of the molecule is CN(C)c1nc(NC2CCC(NC/C(=C\c3ccco3)c3ccccc3)CC2)nc2ccccc12. The number of rotatable bonds is 8. The first-order chi connectivity index (χ1) is 17.2. The number of para-hydroxylation sites is 1. The Hall–Kier alpha value is -3.64. The van der Waals surface area contributed by atoms with E-state index in [0.717, 1.165) is 60.7 Å². The third-order valence-electron chi connectivity index (χ3n) is 6.65.